The molecule has 1 fully saturated rings. The monoisotopic (exact) mass is 303 g/mol. The summed E-state index contributed by atoms with van der Waals surface area (Å²) in [5.41, 5.74) is 6.79. The Morgan fingerprint density at radius 3 is 2.64 bits per heavy atom. The average molecular weight is 303 g/mol. The normalized spacial score (nSPS) is 22.5. The van der Waals surface area contributed by atoms with E-state index in [4.69, 9.17) is 10.5 Å². The lowest BCUT2D eigenvalue weighted by atomic mass is 9.88. The van der Waals surface area contributed by atoms with Gasteiger partial charge in [0, 0.05) is 28.5 Å². The number of carbonyl (C=O) groups is 2. The number of carbonyl (C=O) groups excluding carboxylic acids is 2. The van der Waals surface area contributed by atoms with Crippen molar-refractivity contribution in [2.75, 3.05) is 5.32 Å². The second-order valence-corrected chi connectivity index (χ2v) is 7.24. The van der Waals surface area contributed by atoms with Crippen molar-refractivity contribution in [3.63, 3.8) is 0 Å². The molecule has 2 aliphatic rings. The van der Waals surface area contributed by atoms with Gasteiger partial charge in [0.05, 0.1) is 0 Å². The maximum Gasteiger partial charge on any atom is 0.405 e. The highest BCUT2D eigenvalue weighted by molar-refractivity contribution is 5.96. The molecule has 1 spiro atoms. The quantitative estimate of drug-likeness (QED) is 0.831. The van der Waals surface area contributed by atoms with Gasteiger partial charge < -0.3 is 15.8 Å². The number of aromatic nitrogens is 1. The number of ether oxygens (including phenoxy) is 1. The molecule has 0 aromatic carbocycles. The highest BCUT2D eigenvalue weighted by Gasteiger charge is 2.51. The van der Waals surface area contributed by atoms with Crippen molar-refractivity contribution in [3.8, 4) is 0 Å². The van der Waals surface area contributed by atoms with Gasteiger partial charge in [-0.15, -0.1) is 0 Å². The molecule has 0 radical (unpaired) electrons. The molecule has 0 bridgehead atoms. The van der Waals surface area contributed by atoms with Gasteiger partial charge in [-0.25, -0.2) is 9.78 Å². The average Bonchev–Trinajstić information content (AvgIpc) is 3.17. The third-order valence-electron chi connectivity index (χ3n) is 4.46. The molecule has 1 aromatic rings. The minimum Gasteiger partial charge on any atom is -0.436 e. The first-order valence-corrected chi connectivity index (χ1v) is 7.50. The zero-order valence-electron chi connectivity index (χ0n) is 13.1. The summed E-state index contributed by atoms with van der Waals surface area (Å²) in [6.07, 6.45) is 0.608. The molecule has 1 aliphatic heterocycles. The van der Waals surface area contributed by atoms with Crippen LogP contribution in [0, 0.1) is 0 Å². The number of primary amides is 1. The topological polar surface area (TPSA) is 94.3 Å². The van der Waals surface area contributed by atoms with Gasteiger partial charge in [0.25, 0.3) is 5.91 Å². The summed E-state index contributed by atoms with van der Waals surface area (Å²) in [5, 5.41) is 2.80. The number of nitrogens with two attached hydrogens (primary N) is 1. The van der Waals surface area contributed by atoms with E-state index < -0.39 is 12.2 Å². The number of nitrogens with zero attached hydrogens (tertiary/aromatic N) is 1. The highest BCUT2D eigenvalue weighted by atomic mass is 16.6. The Bertz CT molecular complexity index is 645. The number of amides is 2. The van der Waals surface area contributed by atoms with E-state index >= 15 is 0 Å². The largest absolute Gasteiger partial charge is 0.436 e. The van der Waals surface area contributed by atoms with Crippen LogP contribution in [0.5, 0.6) is 0 Å². The van der Waals surface area contributed by atoms with Crippen LogP contribution in [-0.4, -0.2) is 23.1 Å². The Hall–Kier alpha value is -2.11. The first-order valence-electron chi connectivity index (χ1n) is 7.50. The zero-order chi connectivity index (χ0) is 16.1. The lowest BCUT2D eigenvalue weighted by Crippen LogP contribution is -2.34. The fourth-order valence-electron chi connectivity index (χ4n) is 3.01. The van der Waals surface area contributed by atoms with E-state index in [1.807, 2.05) is 12.1 Å². The zero-order valence-corrected chi connectivity index (χ0v) is 13.1. The summed E-state index contributed by atoms with van der Waals surface area (Å²) in [7, 11) is 0. The lowest BCUT2D eigenvalue weighted by Gasteiger charge is -2.21. The smallest absolute Gasteiger partial charge is 0.405 e. The van der Waals surface area contributed by atoms with Crippen molar-refractivity contribution in [3.05, 3.63) is 23.4 Å². The first-order chi connectivity index (χ1) is 10.2. The summed E-state index contributed by atoms with van der Waals surface area (Å²) in [6, 6.07) is 4.06. The molecule has 1 aliphatic carbocycles. The highest BCUT2D eigenvalue weighted by Crippen LogP contribution is 2.55. The molecule has 118 valence electrons. The number of hydrogen-bond acceptors (Lipinski definition) is 4. The third-order valence-corrected chi connectivity index (χ3v) is 4.46. The molecule has 3 N–H and O–H groups in total. The fraction of sp³-hybridized carbons (Fsp3) is 0.562. The molecule has 2 amide bonds. The first kappa shape index (κ1) is 14.8. The Labute approximate surface area is 129 Å². The van der Waals surface area contributed by atoms with Crippen LogP contribution in [0.25, 0.3) is 0 Å². The van der Waals surface area contributed by atoms with E-state index in [0.717, 1.165) is 24.1 Å². The van der Waals surface area contributed by atoms with Crippen LogP contribution in [0.2, 0.25) is 0 Å². The predicted molar refractivity (Wildman–Crippen MR) is 81.6 cm³/mol. The van der Waals surface area contributed by atoms with Gasteiger partial charge in [-0.05, 0) is 18.9 Å². The van der Waals surface area contributed by atoms with Gasteiger partial charge in [-0.1, -0.05) is 26.8 Å². The van der Waals surface area contributed by atoms with E-state index in [0.29, 0.717) is 12.2 Å². The maximum atomic E-state index is 12.3. The van der Waals surface area contributed by atoms with Crippen LogP contribution in [0.15, 0.2) is 12.1 Å². The number of fused-ring (bicyclic) bond motifs is 2. The number of rotatable bonds is 1. The van der Waals surface area contributed by atoms with Crippen molar-refractivity contribution in [1.29, 1.82) is 0 Å². The van der Waals surface area contributed by atoms with Crippen molar-refractivity contribution in [1.82, 2.24) is 4.98 Å². The second-order valence-electron chi connectivity index (χ2n) is 7.24. The van der Waals surface area contributed by atoms with Crippen LogP contribution in [0.4, 0.5) is 10.6 Å². The number of hydrogen-bond donors (Lipinski definition) is 2. The van der Waals surface area contributed by atoms with Gasteiger partial charge in [0.15, 0.2) is 6.10 Å². The molecular weight excluding hydrogens is 282 g/mol. The van der Waals surface area contributed by atoms with E-state index in [9.17, 15) is 9.59 Å². The van der Waals surface area contributed by atoms with Gasteiger partial charge >= 0.3 is 6.09 Å². The summed E-state index contributed by atoms with van der Waals surface area (Å²) < 4.78 is 4.99. The number of pyridine rings is 1. The Morgan fingerprint density at radius 2 is 2.09 bits per heavy atom. The lowest BCUT2D eigenvalue weighted by molar-refractivity contribution is -0.124. The van der Waals surface area contributed by atoms with Crippen LogP contribution in [0.3, 0.4) is 0 Å². The van der Waals surface area contributed by atoms with Crippen molar-refractivity contribution in [2.45, 2.75) is 57.0 Å². The SMILES string of the molecule is CC(C)(C)c1ccc2c(n1)NC(=O)C(OC(N)=O)CC21CC1. The van der Waals surface area contributed by atoms with E-state index in [2.05, 4.69) is 31.1 Å². The van der Waals surface area contributed by atoms with Crippen LogP contribution < -0.4 is 11.1 Å². The van der Waals surface area contributed by atoms with Crippen LogP contribution in [-0.2, 0) is 20.4 Å². The minimum absolute atomic E-state index is 0.105. The van der Waals surface area contributed by atoms with Gasteiger partial charge in [-0.2, -0.15) is 0 Å². The molecule has 6 nitrogen and oxygen atoms in total. The molecule has 1 atom stereocenters. The second kappa shape index (κ2) is 4.69. The minimum atomic E-state index is -0.926. The third kappa shape index (κ3) is 2.53. The summed E-state index contributed by atoms with van der Waals surface area (Å²) in [4.78, 5) is 28.0. The molecule has 1 aromatic heterocycles. The van der Waals surface area contributed by atoms with Crippen molar-refractivity contribution in [2.24, 2.45) is 5.73 Å². The summed E-state index contributed by atoms with van der Waals surface area (Å²) >= 11 is 0. The Morgan fingerprint density at radius 1 is 1.41 bits per heavy atom. The Kier molecular flexibility index (Phi) is 3.16. The van der Waals surface area contributed by atoms with Crippen LogP contribution in [0.1, 0.15) is 51.3 Å². The molecule has 0 saturated heterocycles. The summed E-state index contributed by atoms with van der Waals surface area (Å²) in [6.45, 7) is 6.23. The van der Waals surface area contributed by atoms with Crippen LogP contribution >= 0.6 is 0 Å². The number of anilines is 1. The van der Waals surface area contributed by atoms with E-state index in [-0.39, 0.29) is 16.7 Å². The molecule has 6 heteroatoms. The molecule has 2 heterocycles. The molecule has 1 unspecified atom stereocenters. The molecule has 22 heavy (non-hydrogen) atoms. The molecular formula is C16H21N3O3. The predicted octanol–water partition coefficient (Wildman–Crippen LogP) is 2.22. The summed E-state index contributed by atoms with van der Waals surface area (Å²) in [5.74, 6) is 0.230. The number of nitrogens with one attached hydrogen (secondary N) is 1. The van der Waals surface area contributed by atoms with Gasteiger partial charge in [0.1, 0.15) is 5.82 Å². The van der Waals surface area contributed by atoms with E-state index in [1.54, 1.807) is 0 Å². The van der Waals surface area contributed by atoms with Gasteiger partial charge in [0.2, 0.25) is 0 Å². The Balaban J connectivity index is 2.00. The van der Waals surface area contributed by atoms with Gasteiger partial charge in [-0.3, -0.25) is 4.79 Å². The van der Waals surface area contributed by atoms with Crippen molar-refractivity contribution >= 4 is 17.8 Å². The molecule has 1 saturated carbocycles. The van der Waals surface area contributed by atoms with E-state index in [1.165, 1.54) is 0 Å². The standard InChI is InChI=1S/C16H21N3O3/c1-15(2,3)11-5-4-9-12(18-11)19-13(20)10(22-14(17)21)8-16(9)6-7-16/h4-5,10H,6-8H2,1-3H3,(H2,17,21)(H,18,19,20). The maximum absolute atomic E-state index is 12.3. The molecule has 3 rings (SSSR count). The fourth-order valence-corrected chi connectivity index (χ4v) is 3.01. The van der Waals surface area contributed by atoms with Crippen molar-refractivity contribution < 1.29 is 14.3 Å².